The zero-order chi connectivity index (χ0) is 13.3. The number of carbonyl (C=O) groups excluding carboxylic acids is 1. The number of nitrogens with two attached hydrogens (primary N) is 1. The maximum absolute atomic E-state index is 11.4. The molecule has 96 valence electrons. The number of carbonyl (C=O) groups is 1. The lowest BCUT2D eigenvalue weighted by atomic mass is 10.3. The van der Waals surface area contributed by atoms with Gasteiger partial charge in [-0.25, -0.2) is 13.4 Å². The van der Waals surface area contributed by atoms with Crippen LogP contribution in [0.1, 0.15) is 0 Å². The second kappa shape index (κ2) is 4.54. The summed E-state index contributed by atoms with van der Waals surface area (Å²) in [5, 5.41) is 2.82. The van der Waals surface area contributed by atoms with Gasteiger partial charge in [-0.3, -0.25) is 4.79 Å². The molecule has 0 aliphatic carbocycles. The van der Waals surface area contributed by atoms with Crippen molar-refractivity contribution in [2.45, 2.75) is 0 Å². The van der Waals surface area contributed by atoms with Crippen LogP contribution in [-0.2, 0) is 14.6 Å². The van der Waals surface area contributed by atoms with E-state index in [9.17, 15) is 13.2 Å². The number of hydrogen-bond donors (Lipinski definition) is 2. The highest BCUT2D eigenvalue weighted by Crippen LogP contribution is 2.27. The molecular weight excluding hydrogens is 274 g/mol. The number of rotatable bonds is 3. The Labute approximate surface area is 108 Å². The summed E-state index contributed by atoms with van der Waals surface area (Å²) in [5.41, 5.74) is 6.95. The molecule has 8 heteroatoms. The van der Waals surface area contributed by atoms with E-state index in [1.165, 1.54) is 11.3 Å². The average Bonchev–Trinajstić information content (AvgIpc) is 2.55. The second-order valence-electron chi connectivity index (χ2n) is 3.86. The molecule has 18 heavy (non-hydrogen) atoms. The summed E-state index contributed by atoms with van der Waals surface area (Å²) in [6.45, 7) is 0. The molecule has 1 aromatic carbocycles. The first-order chi connectivity index (χ1) is 8.33. The number of nitrogens with one attached hydrogen (secondary N) is 1. The van der Waals surface area contributed by atoms with Gasteiger partial charge in [0.1, 0.15) is 5.75 Å². The fraction of sp³-hybridized carbons (Fsp3) is 0.200. The Balaban J connectivity index is 2.20. The summed E-state index contributed by atoms with van der Waals surface area (Å²) < 4.78 is 22.7. The van der Waals surface area contributed by atoms with Gasteiger partial charge in [-0.1, -0.05) is 11.3 Å². The molecule has 0 bridgehead atoms. The van der Waals surface area contributed by atoms with E-state index in [0.717, 1.165) is 11.0 Å². The van der Waals surface area contributed by atoms with Crippen LogP contribution in [0.2, 0.25) is 0 Å². The first-order valence-electron chi connectivity index (χ1n) is 4.97. The SMILES string of the molecule is CS(=O)(=O)CC(=O)Nc1nc2ccc(N)cc2s1. The molecule has 3 N–H and O–H groups in total. The summed E-state index contributed by atoms with van der Waals surface area (Å²) in [5.74, 6) is -1.14. The number of nitrogens with zero attached hydrogens (tertiary/aromatic N) is 1. The second-order valence-corrected chi connectivity index (χ2v) is 7.04. The van der Waals surface area contributed by atoms with Gasteiger partial charge in [0.25, 0.3) is 0 Å². The topological polar surface area (TPSA) is 102 Å². The molecule has 0 aliphatic rings. The minimum Gasteiger partial charge on any atom is -0.399 e. The van der Waals surface area contributed by atoms with Crippen LogP contribution in [0.15, 0.2) is 18.2 Å². The number of fused-ring (bicyclic) bond motifs is 1. The minimum absolute atomic E-state index is 0.365. The summed E-state index contributed by atoms with van der Waals surface area (Å²) >= 11 is 1.25. The quantitative estimate of drug-likeness (QED) is 0.814. The third-order valence-corrected chi connectivity index (χ3v) is 3.77. The van der Waals surface area contributed by atoms with Crippen LogP contribution in [0, 0.1) is 0 Å². The zero-order valence-corrected chi connectivity index (χ0v) is 11.1. The van der Waals surface area contributed by atoms with E-state index in [4.69, 9.17) is 5.73 Å². The normalized spacial score (nSPS) is 11.6. The maximum Gasteiger partial charge on any atom is 0.241 e. The summed E-state index contributed by atoms with van der Waals surface area (Å²) in [6, 6.07) is 5.21. The fourth-order valence-electron chi connectivity index (χ4n) is 1.39. The van der Waals surface area contributed by atoms with Crippen molar-refractivity contribution in [2.24, 2.45) is 0 Å². The summed E-state index contributed by atoms with van der Waals surface area (Å²) in [7, 11) is -3.34. The van der Waals surface area contributed by atoms with Crippen LogP contribution in [0.4, 0.5) is 10.8 Å². The molecule has 0 spiro atoms. The number of aromatic nitrogens is 1. The number of anilines is 2. The van der Waals surface area contributed by atoms with E-state index in [1.54, 1.807) is 18.2 Å². The van der Waals surface area contributed by atoms with E-state index < -0.39 is 21.5 Å². The van der Waals surface area contributed by atoms with Gasteiger partial charge in [-0.05, 0) is 18.2 Å². The molecule has 0 saturated heterocycles. The molecule has 0 fully saturated rings. The number of sulfone groups is 1. The summed E-state index contributed by atoms with van der Waals surface area (Å²) in [6.07, 6.45) is 1.01. The van der Waals surface area contributed by atoms with E-state index in [0.29, 0.717) is 16.3 Å². The Kier molecular flexibility index (Phi) is 3.22. The molecular formula is C10H11N3O3S2. The van der Waals surface area contributed by atoms with E-state index in [2.05, 4.69) is 10.3 Å². The number of benzene rings is 1. The average molecular weight is 285 g/mol. The van der Waals surface area contributed by atoms with Gasteiger partial charge in [0.05, 0.1) is 10.2 Å². The molecule has 1 amide bonds. The van der Waals surface area contributed by atoms with E-state index >= 15 is 0 Å². The third kappa shape index (κ3) is 3.17. The van der Waals surface area contributed by atoms with Crippen molar-refractivity contribution in [3.63, 3.8) is 0 Å². The van der Waals surface area contributed by atoms with Gasteiger partial charge in [-0.2, -0.15) is 0 Å². The Morgan fingerprint density at radius 3 is 2.89 bits per heavy atom. The van der Waals surface area contributed by atoms with Crippen molar-refractivity contribution in [1.29, 1.82) is 0 Å². The van der Waals surface area contributed by atoms with Crippen molar-refractivity contribution in [2.75, 3.05) is 23.1 Å². The molecule has 0 unspecified atom stereocenters. The van der Waals surface area contributed by atoms with Crippen LogP contribution in [0.3, 0.4) is 0 Å². The molecule has 1 aromatic heterocycles. The van der Waals surface area contributed by atoms with Gasteiger partial charge in [0, 0.05) is 11.9 Å². The number of nitrogen functional groups attached to an aromatic ring is 1. The van der Waals surface area contributed by atoms with Gasteiger partial charge < -0.3 is 11.1 Å². The van der Waals surface area contributed by atoms with Gasteiger partial charge >= 0.3 is 0 Å². The van der Waals surface area contributed by atoms with Crippen molar-refractivity contribution in [1.82, 2.24) is 4.98 Å². The van der Waals surface area contributed by atoms with Crippen LogP contribution in [0.25, 0.3) is 10.2 Å². The molecule has 0 aliphatic heterocycles. The smallest absolute Gasteiger partial charge is 0.241 e. The zero-order valence-electron chi connectivity index (χ0n) is 9.50. The maximum atomic E-state index is 11.4. The van der Waals surface area contributed by atoms with Crippen molar-refractivity contribution >= 4 is 48.1 Å². The lowest BCUT2D eigenvalue weighted by molar-refractivity contribution is -0.113. The van der Waals surface area contributed by atoms with Crippen LogP contribution in [-0.4, -0.2) is 31.3 Å². The Morgan fingerprint density at radius 1 is 1.50 bits per heavy atom. The number of amides is 1. The first-order valence-corrected chi connectivity index (χ1v) is 7.85. The summed E-state index contributed by atoms with van der Waals surface area (Å²) in [4.78, 5) is 15.6. The predicted molar refractivity (Wildman–Crippen MR) is 72.4 cm³/mol. The van der Waals surface area contributed by atoms with Crippen molar-refractivity contribution < 1.29 is 13.2 Å². The highest BCUT2D eigenvalue weighted by atomic mass is 32.2. The molecule has 2 aromatic rings. The first kappa shape index (κ1) is 12.8. The monoisotopic (exact) mass is 285 g/mol. The van der Waals surface area contributed by atoms with Crippen LogP contribution < -0.4 is 11.1 Å². The Bertz CT molecular complexity index is 706. The standard InChI is InChI=1S/C10H11N3O3S2/c1-18(15,16)5-9(14)13-10-12-7-3-2-6(11)4-8(7)17-10/h2-4H,5,11H2,1H3,(H,12,13,14). The van der Waals surface area contributed by atoms with Gasteiger partial charge in [-0.15, -0.1) is 0 Å². The van der Waals surface area contributed by atoms with Crippen molar-refractivity contribution in [3.8, 4) is 0 Å². The van der Waals surface area contributed by atoms with Crippen molar-refractivity contribution in [3.05, 3.63) is 18.2 Å². The molecule has 2 rings (SSSR count). The molecule has 6 nitrogen and oxygen atoms in total. The largest absolute Gasteiger partial charge is 0.399 e. The minimum atomic E-state index is -3.34. The molecule has 1 heterocycles. The van der Waals surface area contributed by atoms with Gasteiger partial charge in [0.2, 0.25) is 5.91 Å². The Morgan fingerprint density at radius 2 is 2.22 bits per heavy atom. The Hall–Kier alpha value is -1.67. The van der Waals surface area contributed by atoms with Gasteiger partial charge in [0.15, 0.2) is 15.0 Å². The highest BCUT2D eigenvalue weighted by molar-refractivity contribution is 7.91. The lowest BCUT2D eigenvalue weighted by Crippen LogP contribution is -2.21. The molecule has 0 saturated carbocycles. The van der Waals surface area contributed by atoms with E-state index in [-0.39, 0.29) is 0 Å². The molecule has 0 atom stereocenters. The highest BCUT2D eigenvalue weighted by Gasteiger charge is 2.13. The van der Waals surface area contributed by atoms with Crippen LogP contribution >= 0.6 is 11.3 Å². The third-order valence-electron chi connectivity index (χ3n) is 2.05. The molecule has 0 radical (unpaired) electrons. The van der Waals surface area contributed by atoms with Crippen LogP contribution in [0.5, 0.6) is 0 Å². The number of hydrogen-bond acceptors (Lipinski definition) is 6. The lowest BCUT2D eigenvalue weighted by Gasteiger charge is -1.98. The fourth-order valence-corrected chi connectivity index (χ4v) is 2.87. The van der Waals surface area contributed by atoms with E-state index in [1.807, 2.05) is 0 Å². The predicted octanol–water partition coefficient (Wildman–Crippen LogP) is 0.862. The number of thiazole rings is 1.